The Hall–Kier alpha value is -1.26. The molecular weight excluding hydrogens is 160 g/mol. The lowest BCUT2D eigenvalue weighted by atomic mass is 10.5. The van der Waals surface area contributed by atoms with E-state index in [9.17, 15) is 9.59 Å². The molecule has 0 heterocycles. The van der Waals surface area contributed by atoms with Crippen LogP contribution in [-0.4, -0.2) is 56.6 Å². The summed E-state index contributed by atoms with van der Waals surface area (Å²) in [6.07, 6.45) is -0.509. The maximum Gasteiger partial charge on any atom is 0.409 e. The molecule has 0 atom stereocenters. The van der Waals surface area contributed by atoms with E-state index in [-0.39, 0.29) is 12.5 Å². The largest absolute Gasteiger partial charge is 0.453 e. The zero-order valence-corrected chi connectivity index (χ0v) is 7.83. The highest BCUT2D eigenvalue weighted by atomic mass is 16.5. The molecule has 0 aromatic rings. The third-order valence-corrected chi connectivity index (χ3v) is 1.36. The van der Waals surface area contributed by atoms with Gasteiger partial charge >= 0.3 is 6.09 Å². The molecule has 0 aliphatic rings. The van der Waals surface area contributed by atoms with Crippen molar-refractivity contribution in [2.45, 2.75) is 0 Å². The summed E-state index contributed by atoms with van der Waals surface area (Å²) in [7, 11) is 6.05. The summed E-state index contributed by atoms with van der Waals surface area (Å²) in [6, 6.07) is 0. The fraction of sp³-hybridized carbons (Fsp3) is 0.714. The van der Waals surface area contributed by atoms with Gasteiger partial charge in [0.15, 0.2) is 0 Å². The number of hydrogen-bond acceptors (Lipinski definition) is 3. The molecule has 0 aromatic carbocycles. The Kier molecular flexibility index (Phi) is 4.10. The molecule has 0 spiro atoms. The second-order valence-electron chi connectivity index (χ2n) is 2.61. The third-order valence-electron chi connectivity index (χ3n) is 1.36. The monoisotopic (exact) mass is 174 g/mol. The van der Waals surface area contributed by atoms with E-state index in [4.69, 9.17) is 0 Å². The maximum atomic E-state index is 11.1. The first-order valence-electron chi connectivity index (χ1n) is 3.48. The van der Waals surface area contributed by atoms with Gasteiger partial charge in [0, 0.05) is 21.1 Å². The zero-order chi connectivity index (χ0) is 9.72. The number of ether oxygens (including phenoxy) is 1. The molecule has 0 fully saturated rings. The van der Waals surface area contributed by atoms with Crippen LogP contribution in [0.15, 0.2) is 0 Å². The highest BCUT2D eigenvalue weighted by Crippen LogP contribution is 1.89. The van der Waals surface area contributed by atoms with Crippen LogP contribution in [0.5, 0.6) is 0 Å². The van der Waals surface area contributed by atoms with Crippen LogP contribution in [0.3, 0.4) is 0 Å². The molecule has 0 rings (SSSR count). The Balaban J connectivity index is 3.92. The SMILES string of the molecule is COC(=O)N(C)CC(=O)N(C)C. The Morgan fingerprint density at radius 1 is 1.25 bits per heavy atom. The van der Waals surface area contributed by atoms with Crippen molar-refractivity contribution in [3.05, 3.63) is 0 Å². The van der Waals surface area contributed by atoms with E-state index in [0.29, 0.717) is 0 Å². The summed E-state index contributed by atoms with van der Waals surface area (Å²) >= 11 is 0. The maximum absolute atomic E-state index is 11.1. The summed E-state index contributed by atoms with van der Waals surface area (Å²) < 4.78 is 4.41. The average molecular weight is 174 g/mol. The number of hydrogen-bond donors (Lipinski definition) is 0. The van der Waals surface area contributed by atoms with Crippen molar-refractivity contribution in [2.24, 2.45) is 0 Å². The molecule has 0 N–H and O–H groups in total. The van der Waals surface area contributed by atoms with Crippen molar-refractivity contribution in [3.63, 3.8) is 0 Å². The lowest BCUT2D eigenvalue weighted by molar-refractivity contribution is -0.129. The quantitative estimate of drug-likeness (QED) is 0.581. The molecule has 0 unspecified atom stereocenters. The van der Waals surface area contributed by atoms with Crippen LogP contribution in [0.4, 0.5) is 4.79 Å². The van der Waals surface area contributed by atoms with Crippen LogP contribution < -0.4 is 0 Å². The van der Waals surface area contributed by atoms with Crippen molar-refractivity contribution in [3.8, 4) is 0 Å². The van der Waals surface area contributed by atoms with Gasteiger partial charge in [-0.3, -0.25) is 4.79 Å². The van der Waals surface area contributed by atoms with Crippen molar-refractivity contribution >= 4 is 12.0 Å². The van der Waals surface area contributed by atoms with E-state index in [1.54, 1.807) is 14.1 Å². The highest BCUT2D eigenvalue weighted by molar-refractivity contribution is 5.81. The van der Waals surface area contributed by atoms with Gasteiger partial charge in [-0.2, -0.15) is 0 Å². The minimum atomic E-state index is -0.509. The predicted octanol–water partition coefficient (Wildman–Crippen LogP) is -0.227. The number of carbonyl (C=O) groups excluding carboxylic acids is 2. The van der Waals surface area contributed by atoms with Gasteiger partial charge in [0.25, 0.3) is 0 Å². The Morgan fingerprint density at radius 3 is 2.08 bits per heavy atom. The second kappa shape index (κ2) is 4.58. The van der Waals surface area contributed by atoms with E-state index in [1.165, 1.54) is 24.0 Å². The van der Waals surface area contributed by atoms with E-state index in [2.05, 4.69) is 4.74 Å². The first kappa shape index (κ1) is 10.7. The fourth-order valence-electron chi connectivity index (χ4n) is 0.565. The summed E-state index contributed by atoms with van der Waals surface area (Å²) in [5.41, 5.74) is 0. The third kappa shape index (κ3) is 3.23. The molecule has 5 nitrogen and oxygen atoms in total. The first-order chi connectivity index (χ1) is 5.49. The molecular formula is C7H14N2O3. The molecule has 0 aromatic heterocycles. The lowest BCUT2D eigenvalue weighted by Gasteiger charge is -2.17. The smallest absolute Gasteiger partial charge is 0.409 e. The van der Waals surface area contributed by atoms with Gasteiger partial charge in [0.2, 0.25) is 5.91 Å². The van der Waals surface area contributed by atoms with Crippen LogP contribution in [0, 0.1) is 0 Å². The molecule has 0 radical (unpaired) electrons. The number of methoxy groups -OCH3 is 1. The minimum absolute atomic E-state index is 0.0413. The number of likely N-dealkylation sites (N-methyl/N-ethyl adjacent to an activating group) is 2. The van der Waals surface area contributed by atoms with Gasteiger partial charge in [-0.1, -0.05) is 0 Å². The molecule has 70 valence electrons. The van der Waals surface area contributed by atoms with Crippen molar-refractivity contribution in [1.29, 1.82) is 0 Å². The van der Waals surface area contributed by atoms with Gasteiger partial charge in [-0.05, 0) is 0 Å². The summed E-state index contributed by atoms with van der Waals surface area (Å²) in [6.45, 7) is 0.0413. The molecule has 0 saturated carbocycles. The normalized spacial score (nSPS) is 9.00. The van der Waals surface area contributed by atoms with Crippen molar-refractivity contribution in [1.82, 2.24) is 9.80 Å². The molecule has 2 amide bonds. The van der Waals surface area contributed by atoms with E-state index >= 15 is 0 Å². The van der Waals surface area contributed by atoms with E-state index in [1.807, 2.05) is 0 Å². The van der Waals surface area contributed by atoms with Crippen molar-refractivity contribution < 1.29 is 14.3 Å². The number of amides is 2. The molecule has 0 saturated heterocycles. The predicted molar refractivity (Wildman–Crippen MR) is 43.7 cm³/mol. The van der Waals surface area contributed by atoms with Gasteiger partial charge in [-0.25, -0.2) is 4.79 Å². The van der Waals surface area contributed by atoms with Crippen LogP contribution >= 0.6 is 0 Å². The summed E-state index contributed by atoms with van der Waals surface area (Å²) in [5.74, 6) is -0.136. The minimum Gasteiger partial charge on any atom is -0.453 e. The van der Waals surface area contributed by atoms with Gasteiger partial charge < -0.3 is 14.5 Å². The standard InChI is InChI=1S/C7H14N2O3/c1-8(2)6(10)5-9(3)7(11)12-4/h5H2,1-4H3. The number of rotatable bonds is 2. The van der Waals surface area contributed by atoms with Crippen molar-refractivity contribution in [2.75, 3.05) is 34.8 Å². The molecule has 5 heteroatoms. The Bertz CT molecular complexity index is 179. The topological polar surface area (TPSA) is 49.9 Å². The van der Waals surface area contributed by atoms with E-state index < -0.39 is 6.09 Å². The fourth-order valence-corrected chi connectivity index (χ4v) is 0.565. The Labute approximate surface area is 71.9 Å². The summed E-state index contributed by atoms with van der Waals surface area (Å²) in [4.78, 5) is 24.5. The van der Waals surface area contributed by atoms with Crippen LogP contribution in [0.25, 0.3) is 0 Å². The highest BCUT2D eigenvalue weighted by Gasteiger charge is 2.13. The molecule has 12 heavy (non-hydrogen) atoms. The average Bonchev–Trinajstić information content (AvgIpc) is 2.02. The van der Waals surface area contributed by atoms with Crippen LogP contribution in [0.1, 0.15) is 0 Å². The Morgan fingerprint density at radius 2 is 1.75 bits per heavy atom. The van der Waals surface area contributed by atoms with Crippen LogP contribution in [0.2, 0.25) is 0 Å². The lowest BCUT2D eigenvalue weighted by Crippen LogP contribution is -2.37. The van der Waals surface area contributed by atoms with Crippen LogP contribution in [-0.2, 0) is 9.53 Å². The molecule has 0 aliphatic heterocycles. The number of nitrogens with zero attached hydrogens (tertiary/aromatic N) is 2. The summed E-state index contributed by atoms with van der Waals surface area (Å²) in [5, 5.41) is 0. The molecule has 0 bridgehead atoms. The number of carbonyl (C=O) groups is 2. The van der Waals surface area contributed by atoms with E-state index in [0.717, 1.165) is 0 Å². The molecule has 0 aliphatic carbocycles. The first-order valence-corrected chi connectivity index (χ1v) is 3.48. The zero-order valence-electron chi connectivity index (χ0n) is 7.83. The second-order valence-corrected chi connectivity index (χ2v) is 2.61. The van der Waals surface area contributed by atoms with Gasteiger partial charge in [0.05, 0.1) is 7.11 Å². The van der Waals surface area contributed by atoms with Gasteiger partial charge in [-0.15, -0.1) is 0 Å². The van der Waals surface area contributed by atoms with Gasteiger partial charge in [0.1, 0.15) is 6.54 Å².